The summed E-state index contributed by atoms with van der Waals surface area (Å²) in [4.78, 5) is 15.6. The summed E-state index contributed by atoms with van der Waals surface area (Å²) in [6.07, 6.45) is 3.85. The first kappa shape index (κ1) is 10.1. The molecule has 1 rings (SSSR count). The Balaban J connectivity index is 2.43. The molecule has 0 bridgehead atoms. The highest BCUT2D eigenvalue weighted by Gasteiger charge is 2.25. The Hall–Kier alpha value is 0.0400. The van der Waals surface area contributed by atoms with Gasteiger partial charge in [-0.2, -0.15) is 11.8 Å². The van der Waals surface area contributed by atoms with E-state index in [2.05, 4.69) is 11.2 Å². The monoisotopic (exact) mass is 203 g/mol. The lowest BCUT2D eigenvalue weighted by Crippen LogP contribution is -2.11. The average molecular weight is 203 g/mol. The molecule has 1 atom stereocenters. The Morgan fingerprint density at radius 2 is 2.42 bits per heavy atom. The maximum absolute atomic E-state index is 11.3. The first-order valence-electron chi connectivity index (χ1n) is 4.05. The van der Waals surface area contributed by atoms with Crippen LogP contribution in [-0.2, 0) is 4.79 Å². The summed E-state index contributed by atoms with van der Waals surface area (Å²) in [5.41, 5.74) is 0. The third kappa shape index (κ3) is 2.52. The molecule has 4 heteroatoms. The van der Waals surface area contributed by atoms with E-state index in [-0.39, 0.29) is 11.2 Å². The van der Waals surface area contributed by atoms with E-state index in [0.29, 0.717) is 0 Å². The molecule has 68 valence electrons. The maximum atomic E-state index is 11.3. The molecule has 1 heterocycles. The summed E-state index contributed by atoms with van der Waals surface area (Å²) in [5, 5.41) is 1.24. The highest BCUT2D eigenvalue weighted by atomic mass is 32.2. The van der Waals surface area contributed by atoms with Crippen LogP contribution in [0.4, 0.5) is 0 Å². The van der Waals surface area contributed by atoms with Gasteiger partial charge in [0.1, 0.15) is 6.04 Å². The number of hydrogen-bond acceptors (Lipinski definition) is 4. The van der Waals surface area contributed by atoms with Crippen LogP contribution in [0, 0.1) is 0 Å². The van der Waals surface area contributed by atoms with Crippen LogP contribution < -0.4 is 0 Å². The molecule has 0 aromatic carbocycles. The van der Waals surface area contributed by atoms with Crippen LogP contribution in [0.25, 0.3) is 0 Å². The van der Waals surface area contributed by atoms with Crippen molar-refractivity contribution in [3.05, 3.63) is 0 Å². The molecule has 0 aromatic rings. The lowest BCUT2D eigenvalue weighted by atomic mass is 10.2. The van der Waals surface area contributed by atoms with E-state index >= 15 is 0 Å². The topological polar surface area (TPSA) is 29.4 Å². The fourth-order valence-electron chi connectivity index (χ4n) is 1.01. The quantitative estimate of drug-likeness (QED) is 0.701. The van der Waals surface area contributed by atoms with E-state index in [0.717, 1.165) is 23.6 Å². The summed E-state index contributed by atoms with van der Waals surface area (Å²) >= 11 is 3.09. The molecule has 1 aliphatic heterocycles. The minimum atomic E-state index is -0.0441. The number of nitrogens with zero attached hydrogens (tertiary/aromatic N) is 1. The van der Waals surface area contributed by atoms with Gasteiger partial charge in [-0.05, 0) is 36.6 Å². The van der Waals surface area contributed by atoms with Crippen molar-refractivity contribution in [3.63, 3.8) is 0 Å². The minimum absolute atomic E-state index is 0.0441. The second kappa shape index (κ2) is 4.92. The van der Waals surface area contributed by atoms with Crippen LogP contribution in [0.2, 0.25) is 0 Å². The molecule has 1 aliphatic rings. The van der Waals surface area contributed by atoms with Gasteiger partial charge >= 0.3 is 0 Å². The predicted molar refractivity (Wildman–Crippen MR) is 57.1 cm³/mol. The zero-order valence-corrected chi connectivity index (χ0v) is 9.00. The molecule has 12 heavy (non-hydrogen) atoms. The van der Waals surface area contributed by atoms with Crippen LogP contribution in [0.15, 0.2) is 4.99 Å². The summed E-state index contributed by atoms with van der Waals surface area (Å²) in [6.45, 7) is 2.04. The Morgan fingerprint density at radius 3 is 2.92 bits per heavy atom. The van der Waals surface area contributed by atoms with E-state index in [4.69, 9.17) is 0 Å². The minimum Gasteiger partial charge on any atom is -0.284 e. The van der Waals surface area contributed by atoms with Crippen molar-refractivity contribution in [3.8, 4) is 0 Å². The van der Waals surface area contributed by atoms with Crippen LogP contribution in [0.5, 0.6) is 0 Å². The van der Waals surface area contributed by atoms with Gasteiger partial charge in [-0.1, -0.05) is 6.92 Å². The molecule has 2 nitrogen and oxygen atoms in total. The van der Waals surface area contributed by atoms with Crippen LogP contribution in [0.3, 0.4) is 0 Å². The van der Waals surface area contributed by atoms with Crippen molar-refractivity contribution in [1.82, 2.24) is 0 Å². The number of hydrogen-bond donors (Lipinski definition) is 0. The van der Waals surface area contributed by atoms with Crippen molar-refractivity contribution < 1.29 is 4.79 Å². The normalized spacial score (nSPS) is 23.0. The Morgan fingerprint density at radius 1 is 1.67 bits per heavy atom. The predicted octanol–water partition coefficient (Wildman–Crippen LogP) is 2.19. The molecular weight excluding hydrogens is 190 g/mol. The standard InChI is InChI=1S/C8H13NOS2/c1-3-7-9-6(4-5-11-2)8(10)12-7/h6H,3-5H2,1-2H3/t6-/m1/s1. The highest BCUT2D eigenvalue weighted by molar-refractivity contribution is 8.26. The molecule has 0 N–H and O–H groups in total. The van der Waals surface area contributed by atoms with E-state index < -0.39 is 0 Å². The number of rotatable bonds is 4. The SMILES string of the molecule is CCC1=N[C@H](CCSC)C(=O)S1. The van der Waals surface area contributed by atoms with Gasteiger partial charge in [-0.3, -0.25) is 9.79 Å². The summed E-state index contributed by atoms with van der Waals surface area (Å²) < 4.78 is 0. The first-order chi connectivity index (χ1) is 5.77. The van der Waals surface area contributed by atoms with Crippen LogP contribution >= 0.6 is 23.5 Å². The lowest BCUT2D eigenvalue weighted by molar-refractivity contribution is -0.111. The molecule has 0 aliphatic carbocycles. The van der Waals surface area contributed by atoms with E-state index in [1.807, 2.05) is 6.92 Å². The number of thioether (sulfide) groups is 2. The van der Waals surface area contributed by atoms with Gasteiger partial charge in [0.25, 0.3) is 0 Å². The fourth-order valence-corrected chi connectivity index (χ4v) is 2.33. The Kier molecular flexibility index (Phi) is 4.15. The summed E-state index contributed by atoms with van der Waals surface area (Å²) in [7, 11) is 0. The molecule has 0 amide bonds. The zero-order valence-electron chi connectivity index (χ0n) is 7.37. The Bertz CT molecular complexity index is 203. The smallest absolute Gasteiger partial charge is 0.219 e. The van der Waals surface area contributed by atoms with Gasteiger partial charge in [-0.25, -0.2) is 0 Å². The average Bonchev–Trinajstić information content (AvgIpc) is 2.43. The van der Waals surface area contributed by atoms with Gasteiger partial charge in [0.05, 0.1) is 5.04 Å². The van der Waals surface area contributed by atoms with Crippen molar-refractivity contribution in [2.24, 2.45) is 4.99 Å². The summed E-state index contributed by atoms with van der Waals surface area (Å²) in [5.74, 6) is 1.03. The third-order valence-corrected chi connectivity index (χ3v) is 3.44. The maximum Gasteiger partial charge on any atom is 0.219 e. The molecular formula is C8H13NOS2. The molecule has 0 unspecified atom stereocenters. The fraction of sp³-hybridized carbons (Fsp3) is 0.750. The van der Waals surface area contributed by atoms with Gasteiger partial charge in [-0.15, -0.1) is 0 Å². The number of carbonyl (C=O) groups excluding carboxylic acids is 1. The van der Waals surface area contributed by atoms with E-state index in [1.165, 1.54) is 11.8 Å². The second-order valence-electron chi connectivity index (χ2n) is 2.59. The number of aliphatic imine (C=N–C) groups is 1. The van der Waals surface area contributed by atoms with Crippen molar-refractivity contribution in [1.29, 1.82) is 0 Å². The number of carbonyl (C=O) groups is 1. The largest absolute Gasteiger partial charge is 0.284 e. The third-order valence-electron chi connectivity index (χ3n) is 1.69. The van der Waals surface area contributed by atoms with Gasteiger partial charge in [0, 0.05) is 0 Å². The van der Waals surface area contributed by atoms with Gasteiger partial charge in [0.15, 0.2) is 0 Å². The van der Waals surface area contributed by atoms with E-state index in [1.54, 1.807) is 11.8 Å². The second-order valence-corrected chi connectivity index (χ2v) is 4.66. The molecule has 0 saturated heterocycles. The van der Waals surface area contributed by atoms with Crippen LogP contribution in [-0.4, -0.2) is 28.2 Å². The Labute approximate surface area is 81.6 Å². The van der Waals surface area contributed by atoms with Crippen molar-refractivity contribution in [2.75, 3.05) is 12.0 Å². The first-order valence-corrected chi connectivity index (χ1v) is 6.26. The highest BCUT2D eigenvalue weighted by Crippen LogP contribution is 2.24. The lowest BCUT2D eigenvalue weighted by Gasteiger charge is -2.00. The van der Waals surface area contributed by atoms with Crippen LogP contribution in [0.1, 0.15) is 19.8 Å². The van der Waals surface area contributed by atoms with E-state index in [9.17, 15) is 4.79 Å². The molecule has 0 radical (unpaired) electrons. The molecule has 0 fully saturated rings. The molecule has 0 saturated carbocycles. The summed E-state index contributed by atoms with van der Waals surface area (Å²) in [6, 6.07) is -0.0441. The van der Waals surface area contributed by atoms with Crippen molar-refractivity contribution >= 4 is 33.7 Å². The van der Waals surface area contributed by atoms with Crippen molar-refractivity contribution in [2.45, 2.75) is 25.8 Å². The van der Waals surface area contributed by atoms with Gasteiger partial charge in [0.2, 0.25) is 5.12 Å². The van der Waals surface area contributed by atoms with Gasteiger partial charge < -0.3 is 0 Å². The zero-order chi connectivity index (χ0) is 8.97. The molecule has 0 aromatic heterocycles. The molecule has 0 spiro atoms.